The van der Waals surface area contributed by atoms with Crippen molar-refractivity contribution >= 4 is 21.5 Å². The molecule has 1 N–H and O–H groups in total. The highest BCUT2D eigenvalue weighted by Crippen LogP contribution is 2.24. The van der Waals surface area contributed by atoms with Gasteiger partial charge in [0.15, 0.2) is 0 Å². The molecule has 1 aromatic carbocycles. The van der Waals surface area contributed by atoms with Gasteiger partial charge in [-0.2, -0.15) is 9.97 Å². The molecule has 0 unspecified atom stereocenters. The second-order valence-electron chi connectivity index (χ2n) is 4.90. The summed E-state index contributed by atoms with van der Waals surface area (Å²) in [6, 6.07) is 2.51. The third-order valence-electron chi connectivity index (χ3n) is 3.02. The Kier molecular flexibility index (Phi) is 6.15. The monoisotopic (exact) mass is 406 g/mol. The normalized spacial score (nSPS) is 11.3. The van der Waals surface area contributed by atoms with E-state index in [0.29, 0.717) is 0 Å². The number of carbonyl (C=O) groups excluding carboxylic acids is 1. The maximum atomic E-state index is 14.1. The molecule has 0 atom stereocenters. The van der Waals surface area contributed by atoms with Gasteiger partial charge in [0.2, 0.25) is 21.6 Å². The van der Waals surface area contributed by atoms with Crippen molar-refractivity contribution in [3.63, 3.8) is 0 Å². The number of hydrogen-bond acceptors (Lipinski definition) is 8. The first kappa shape index (κ1) is 20.4. The molecule has 2 rings (SSSR count). The first-order chi connectivity index (χ1) is 12.7. The average molecular weight is 406 g/mol. The van der Waals surface area contributed by atoms with E-state index in [1.807, 2.05) is 0 Å². The van der Waals surface area contributed by atoms with Gasteiger partial charge < -0.3 is 9.47 Å². The molecule has 0 aliphatic heterocycles. The number of nitrogens with one attached hydrogen (secondary N) is 1. The molecule has 146 valence electrons. The summed E-state index contributed by atoms with van der Waals surface area (Å²) < 4.78 is 73.6. The minimum absolute atomic E-state index is 0.276. The van der Waals surface area contributed by atoms with Crippen LogP contribution in [0.2, 0.25) is 0 Å². The van der Waals surface area contributed by atoms with E-state index in [-0.39, 0.29) is 12.0 Å². The zero-order valence-electron chi connectivity index (χ0n) is 13.9. The number of halogens is 3. The topological polar surface area (TPSA) is 120 Å². The Hall–Kier alpha value is -2.96. The van der Waals surface area contributed by atoms with Gasteiger partial charge in [0.1, 0.15) is 11.6 Å². The van der Waals surface area contributed by atoms with Crippen LogP contribution in [-0.4, -0.2) is 55.6 Å². The highest BCUT2D eigenvalue weighted by atomic mass is 32.2. The van der Waals surface area contributed by atoms with Crippen molar-refractivity contribution in [2.45, 2.75) is 6.43 Å². The molecule has 0 saturated heterocycles. The fourth-order valence-corrected chi connectivity index (χ4v) is 2.86. The standard InChI is InChI=1S/C14H13F3N4O5S/c1-25-13-18-12(19-14(20-13)26-2)11(22)7-4-3-5-8(15)10(7)21-27(23,24)6-9(16)17/h3-5,9,21H,6H2,1-2H3. The molecule has 0 fully saturated rings. The number of sulfonamides is 1. The van der Waals surface area contributed by atoms with Crippen molar-refractivity contribution in [3.05, 3.63) is 35.4 Å². The largest absolute Gasteiger partial charge is 0.467 e. The molecule has 27 heavy (non-hydrogen) atoms. The van der Waals surface area contributed by atoms with E-state index in [1.165, 1.54) is 14.2 Å². The van der Waals surface area contributed by atoms with Gasteiger partial charge in [0.05, 0.1) is 25.5 Å². The van der Waals surface area contributed by atoms with Gasteiger partial charge in [-0.25, -0.2) is 21.6 Å². The quantitative estimate of drug-likeness (QED) is 0.651. The van der Waals surface area contributed by atoms with Crippen molar-refractivity contribution in [2.75, 3.05) is 24.7 Å². The van der Waals surface area contributed by atoms with Crippen LogP contribution in [0.3, 0.4) is 0 Å². The van der Waals surface area contributed by atoms with Gasteiger partial charge in [-0.3, -0.25) is 9.52 Å². The van der Waals surface area contributed by atoms with Gasteiger partial charge in [0.25, 0.3) is 6.43 Å². The molecule has 9 nitrogen and oxygen atoms in total. The van der Waals surface area contributed by atoms with Gasteiger partial charge >= 0.3 is 12.0 Å². The van der Waals surface area contributed by atoms with E-state index in [9.17, 15) is 26.4 Å². The lowest BCUT2D eigenvalue weighted by molar-refractivity contribution is 0.102. The van der Waals surface area contributed by atoms with Crippen LogP contribution in [-0.2, 0) is 10.0 Å². The number of nitrogens with zero attached hydrogens (tertiary/aromatic N) is 3. The van der Waals surface area contributed by atoms with Crippen molar-refractivity contribution in [1.29, 1.82) is 0 Å². The summed E-state index contributed by atoms with van der Waals surface area (Å²) in [6.07, 6.45) is -3.19. The third kappa shape index (κ3) is 5.03. The number of anilines is 1. The third-order valence-corrected chi connectivity index (χ3v) is 4.23. The Bertz CT molecular complexity index is 934. The lowest BCUT2D eigenvalue weighted by atomic mass is 10.1. The van der Waals surface area contributed by atoms with Gasteiger partial charge in [-0.05, 0) is 12.1 Å². The lowest BCUT2D eigenvalue weighted by Crippen LogP contribution is -2.23. The van der Waals surface area contributed by atoms with Crippen LogP contribution in [0.5, 0.6) is 12.0 Å². The second-order valence-corrected chi connectivity index (χ2v) is 6.67. The van der Waals surface area contributed by atoms with E-state index in [4.69, 9.17) is 9.47 Å². The number of ketones is 1. The first-order valence-corrected chi connectivity index (χ1v) is 8.78. The maximum absolute atomic E-state index is 14.1. The molecule has 0 bridgehead atoms. The molecule has 13 heteroatoms. The van der Waals surface area contributed by atoms with Gasteiger partial charge in [-0.15, -0.1) is 4.98 Å². The van der Waals surface area contributed by atoms with Crippen LogP contribution in [0.25, 0.3) is 0 Å². The summed E-state index contributed by atoms with van der Waals surface area (Å²) in [7, 11) is -2.18. The Morgan fingerprint density at radius 1 is 1.15 bits per heavy atom. The number of carbonyl (C=O) groups is 1. The van der Waals surface area contributed by atoms with Gasteiger partial charge in [-0.1, -0.05) is 6.07 Å². The van der Waals surface area contributed by atoms with Crippen LogP contribution in [0.15, 0.2) is 18.2 Å². The van der Waals surface area contributed by atoms with Crippen LogP contribution < -0.4 is 14.2 Å². The van der Waals surface area contributed by atoms with E-state index in [0.717, 1.165) is 18.2 Å². The summed E-state index contributed by atoms with van der Waals surface area (Å²) in [5, 5.41) is 0. The molecule has 1 aromatic heterocycles. The number of ether oxygens (including phenoxy) is 2. The molecular weight excluding hydrogens is 393 g/mol. The number of methoxy groups -OCH3 is 2. The molecule has 2 aromatic rings. The highest BCUT2D eigenvalue weighted by Gasteiger charge is 2.26. The number of aromatic nitrogens is 3. The summed E-state index contributed by atoms with van der Waals surface area (Å²) in [4.78, 5) is 23.7. The van der Waals surface area contributed by atoms with Crippen LogP contribution in [0, 0.1) is 5.82 Å². The summed E-state index contributed by atoms with van der Waals surface area (Å²) in [5.41, 5.74) is -1.30. The van der Waals surface area contributed by atoms with Crippen molar-refractivity contribution in [1.82, 2.24) is 15.0 Å². The maximum Gasteiger partial charge on any atom is 0.323 e. The summed E-state index contributed by atoms with van der Waals surface area (Å²) in [6.45, 7) is 0. The van der Waals surface area contributed by atoms with E-state index < -0.39 is 50.9 Å². The van der Waals surface area contributed by atoms with Crippen molar-refractivity contribution in [2.24, 2.45) is 0 Å². The Morgan fingerprint density at radius 2 is 1.74 bits per heavy atom. The minimum atomic E-state index is -4.62. The first-order valence-electron chi connectivity index (χ1n) is 7.12. The predicted molar refractivity (Wildman–Crippen MR) is 86.2 cm³/mol. The number of alkyl halides is 2. The fraction of sp³-hybridized carbons (Fsp3) is 0.286. The lowest BCUT2D eigenvalue weighted by Gasteiger charge is -2.12. The molecule has 0 aliphatic rings. The highest BCUT2D eigenvalue weighted by molar-refractivity contribution is 7.92. The van der Waals surface area contributed by atoms with Crippen LogP contribution in [0.1, 0.15) is 16.2 Å². The Morgan fingerprint density at radius 3 is 2.26 bits per heavy atom. The zero-order valence-corrected chi connectivity index (χ0v) is 14.8. The number of benzene rings is 1. The summed E-state index contributed by atoms with van der Waals surface area (Å²) in [5.74, 6) is -4.25. The van der Waals surface area contributed by atoms with E-state index in [2.05, 4.69) is 15.0 Å². The molecular formula is C14H13F3N4O5S. The SMILES string of the molecule is COc1nc(OC)nc(C(=O)c2cccc(F)c2NS(=O)(=O)CC(F)F)n1. The molecule has 0 saturated carbocycles. The Labute approximate surface area is 151 Å². The molecule has 0 amide bonds. The number of para-hydroxylation sites is 1. The van der Waals surface area contributed by atoms with Crippen LogP contribution >= 0.6 is 0 Å². The van der Waals surface area contributed by atoms with Gasteiger partial charge in [0, 0.05) is 0 Å². The fourth-order valence-electron chi connectivity index (χ4n) is 1.92. The molecule has 0 radical (unpaired) electrons. The predicted octanol–water partition coefficient (Wildman–Crippen LogP) is 1.27. The van der Waals surface area contributed by atoms with E-state index >= 15 is 0 Å². The molecule has 0 aliphatic carbocycles. The van der Waals surface area contributed by atoms with E-state index in [1.54, 1.807) is 4.72 Å². The number of hydrogen-bond donors (Lipinski definition) is 1. The second kappa shape index (κ2) is 8.16. The zero-order chi connectivity index (χ0) is 20.2. The van der Waals surface area contributed by atoms with Crippen molar-refractivity contribution < 1.29 is 35.9 Å². The van der Waals surface area contributed by atoms with Crippen molar-refractivity contribution in [3.8, 4) is 12.0 Å². The molecule has 0 spiro atoms. The molecule has 1 heterocycles. The Balaban J connectivity index is 2.51. The average Bonchev–Trinajstić information content (AvgIpc) is 2.61. The van der Waals surface area contributed by atoms with Crippen LogP contribution in [0.4, 0.5) is 18.9 Å². The number of rotatable bonds is 8. The smallest absolute Gasteiger partial charge is 0.323 e. The minimum Gasteiger partial charge on any atom is -0.467 e. The summed E-state index contributed by atoms with van der Waals surface area (Å²) >= 11 is 0.